The highest BCUT2D eigenvalue weighted by Crippen LogP contribution is 2.32. The lowest BCUT2D eigenvalue weighted by Crippen LogP contribution is -2.33. The second kappa shape index (κ2) is 11.4. The Morgan fingerprint density at radius 2 is 1.88 bits per heavy atom. The van der Waals surface area contributed by atoms with Crippen molar-refractivity contribution in [3.63, 3.8) is 0 Å². The highest BCUT2D eigenvalue weighted by atomic mass is 32.2. The van der Waals surface area contributed by atoms with Gasteiger partial charge in [-0.05, 0) is 64.4 Å². The summed E-state index contributed by atoms with van der Waals surface area (Å²) in [6.07, 6.45) is 2.04. The Kier molecular flexibility index (Phi) is 8.60. The quantitative estimate of drug-likeness (QED) is 0.162. The van der Waals surface area contributed by atoms with Gasteiger partial charge in [-0.25, -0.2) is 4.98 Å². The number of hydrogen-bond acceptors (Lipinski definition) is 7. The van der Waals surface area contributed by atoms with E-state index >= 15 is 0 Å². The van der Waals surface area contributed by atoms with Crippen LogP contribution in [0.5, 0.6) is 0 Å². The van der Waals surface area contributed by atoms with E-state index in [1.165, 1.54) is 33.9 Å². The minimum atomic E-state index is -0.412. The van der Waals surface area contributed by atoms with Crippen molar-refractivity contribution < 1.29 is 9.72 Å². The molecule has 0 N–H and O–H groups in total. The van der Waals surface area contributed by atoms with Gasteiger partial charge in [0.05, 0.1) is 15.1 Å². The molecule has 0 atom stereocenters. The zero-order valence-electron chi connectivity index (χ0n) is 18.6. The molecule has 0 aliphatic heterocycles. The number of anilines is 1. The molecule has 1 aromatic heterocycles. The van der Waals surface area contributed by atoms with Crippen LogP contribution in [0.1, 0.15) is 24.8 Å². The fraction of sp³-hybridized carbons (Fsp3) is 0.391. The van der Waals surface area contributed by atoms with E-state index in [0.717, 1.165) is 29.8 Å². The van der Waals surface area contributed by atoms with Gasteiger partial charge < -0.3 is 4.90 Å². The average Bonchev–Trinajstić information content (AvgIpc) is 3.18. The van der Waals surface area contributed by atoms with E-state index in [-0.39, 0.29) is 11.6 Å². The number of non-ortho nitro benzene ring substituents is 1. The number of hydrogen-bond donors (Lipinski definition) is 0. The molecule has 32 heavy (non-hydrogen) atoms. The zero-order chi connectivity index (χ0) is 23.1. The lowest BCUT2D eigenvalue weighted by Gasteiger charge is -2.21. The summed E-state index contributed by atoms with van der Waals surface area (Å²) < 4.78 is 0.717. The van der Waals surface area contributed by atoms with Crippen molar-refractivity contribution in [1.82, 2.24) is 9.88 Å². The molecule has 0 spiro atoms. The summed E-state index contributed by atoms with van der Waals surface area (Å²) in [4.78, 5) is 33.4. The Morgan fingerprint density at radius 3 is 2.56 bits per heavy atom. The molecule has 1 amide bonds. The number of carbonyl (C=O) groups is 1. The first-order valence-corrected chi connectivity index (χ1v) is 12.3. The van der Waals surface area contributed by atoms with Crippen molar-refractivity contribution in [1.29, 1.82) is 0 Å². The van der Waals surface area contributed by atoms with Crippen LogP contribution in [0.4, 0.5) is 10.8 Å². The largest absolute Gasteiger partial charge is 0.309 e. The molecule has 0 aliphatic carbocycles. The van der Waals surface area contributed by atoms with Gasteiger partial charge in [0.2, 0.25) is 5.91 Å². The first-order chi connectivity index (χ1) is 15.3. The summed E-state index contributed by atoms with van der Waals surface area (Å²) in [5, 5.41) is 11.7. The van der Waals surface area contributed by atoms with Gasteiger partial charge in [0, 0.05) is 30.0 Å². The van der Waals surface area contributed by atoms with Crippen molar-refractivity contribution in [2.45, 2.75) is 31.1 Å². The van der Waals surface area contributed by atoms with E-state index in [1.54, 1.807) is 22.7 Å². The summed E-state index contributed by atoms with van der Waals surface area (Å²) in [6.45, 7) is 3.51. The van der Waals surface area contributed by atoms with Crippen LogP contribution in [-0.4, -0.2) is 53.7 Å². The summed E-state index contributed by atoms with van der Waals surface area (Å²) in [5.74, 6) is 0.911. The molecule has 3 rings (SSSR count). The Balaban J connectivity index is 1.67. The molecular formula is C23H28N4O3S2. The van der Waals surface area contributed by atoms with E-state index in [2.05, 4.69) is 41.1 Å². The number of rotatable bonds is 11. The van der Waals surface area contributed by atoms with Crippen LogP contribution in [0.2, 0.25) is 0 Å². The van der Waals surface area contributed by atoms with E-state index < -0.39 is 4.92 Å². The summed E-state index contributed by atoms with van der Waals surface area (Å²) in [6, 6.07) is 13.0. The monoisotopic (exact) mass is 472 g/mol. The van der Waals surface area contributed by atoms with Crippen LogP contribution >= 0.6 is 23.1 Å². The number of nitro benzene ring substituents is 1. The molecule has 9 heteroatoms. The Bertz CT molecular complexity index is 1070. The number of fused-ring (bicyclic) bond motifs is 1. The number of carbonyl (C=O) groups excluding carboxylic acids is 1. The minimum Gasteiger partial charge on any atom is -0.309 e. The molecule has 0 unspecified atom stereocenters. The number of aromatic nitrogens is 1. The van der Waals surface area contributed by atoms with Crippen LogP contribution in [0.25, 0.3) is 10.2 Å². The predicted molar refractivity (Wildman–Crippen MR) is 133 cm³/mol. The van der Waals surface area contributed by atoms with Gasteiger partial charge in [-0.2, -0.15) is 0 Å². The first kappa shape index (κ1) is 24.2. The second-order valence-corrected chi connectivity index (χ2v) is 10.1. The number of thioether (sulfide) groups is 1. The summed E-state index contributed by atoms with van der Waals surface area (Å²) in [5.41, 5.74) is 1.95. The number of amides is 1. The first-order valence-electron chi connectivity index (χ1n) is 10.5. The molecule has 7 nitrogen and oxygen atoms in total. The van der Waals surface area contributed by atoms with Gasteiger partial charge in [-0.1, -0.05) is 29.0 Å². The number of aryl methyl sites for hydroxylation is 1. The lowest BCUT2D eigenvalue weighted by molar-refractivity contribution is -0.384. The Hall–Kier alpha value is -2.49. The molecule has 0 fully saturated rings. The second-order valence-electron chi connectivity index (χ2n) is 7.87. The van der Waals surface area contributed by atoms with Gasteiger partial charge in [0.15, 0.2) is 5.13 Å². The van der Waals surface area contributed by atoms with Crippen molar-refractivity contribution in [3.05, 3.63) is 58.1 Å². The van der Waals surface area contributed by atoms with E-state index in [0.29, 0.717) is 23.6 Å². The van der Waals surface area contributed by atoms with Crippen molar-refractivity contribution in [3.8, 4) is 0 Å². The van der Waals surface area contributed by atoms with Crippen LogP contribution in [-0.2, 0) is 4.79 Å². The average molecular weight is 473 g/mol. The molecule has 1 heterocycles. The maximum Gasteiger partial charge on any atom is 0.270 e. The standard InChI is InChI=1S/C23H28N4O3S2/c1-17-7-10-19(11-8-17)31-15-4-6-22(28)26(14-5-13-25(2)3)23-24-20-12-9-18(27(29)30)16-21(20)32-23/h7-12,16H,4-6,13-15H2,1-3H3. The van der Waals surface area contributed by atoms with Gasteiger partial charge in [0.25, 0.3) is 5.69 Å². The molecule has 2 aromatic carbocycles. The van der Waals surface area contributed by atoms with Crippen LogP contribution < -0.4 is 4.90 Å². The molecule has 0 saturated heterocycles. The molecular weight excluding hydrogens is 444 g/mol. The van der Waals surface area contributed by atoms with Gasteiger partial charge >= 0.3 is 0 Å². The maximum absolute atomic E-state index is 13.1. The van der Waals surface area contributed by atoms with Crippen molar-refractivity contribution in [2.24, 2.45) is 0 Å². The van der Waals surface area contributed by atoms with Crippen LogP contribution in [0, 0.1) is 17.0 Å². The number of thiazole rings is 1. The topological polar surface area (TPSA) is 79.6 Å². The van der Waals surface area contributed by atoms with E-state index in [9.17, 15) is 14.9 Å². The van der Waals surface area contributed by atoms with Crippen molar-refractivity contribution >= 4 is 50.0 Å². The Morgan fingerprint density at radius 1 is 1.12 bits per heavy atom. The minimum absolute atomic E-state index is 0.0336. The predicted octanol–water partition coefficient (Wildman–Crippen LogP) is 5.37. The molecule has 170 valence electrons. The molecule has 0 radical (unpaired) electrons. The van der Waals surface area contributed by atoms with Gasteiger partial charge in [-0.3, -0.25) is 19.8 Å². The molecule has 0 saturated carbocycles. The third-order valence-corrected chi connectivity index (χ3v) is 7.05. The fourth-order valence-electron chi connectivity index (χ4n) is 3.19. The number of benzene rings is 2. The van der Waals surface area contributed by atoms with Crippen molar-refractivity contribution in [2.75, 3.05) is 37.8 Å². The van der Waals surface area contributed by atoms with Crippen LogP contribution in [0.15, 0.2) is 47.4 Å². The fourth-order valence-corrected chi connectivity index (χ4v) is 5.08. The number of nitro groups is 1. The van der Waals surface area contributed by atoms with Gasteiger partial charge in [-0.15, -0.1) is 11.8 Å². The van der Waals surface area contributed by atoms with Gasteiger partial charge in [0.1, 0.15) is 0 Å². The zero-order valence-corrected chi connectivity index (χ0v) is 20.2. The summed E-state index contributed by atoms with van der Waals surface area (Å²) in [7, 11) is 4.01. The smallest absolute Gasteiger partial charge is 0.270 e. The third-order valence-electron chi connectivity index (χ3n) is 4.92. The summed E-state index contributed by atoms with van der Waals surface area (Å²) >= 11 is 3.09. The SMILES string of the molecule is Cc1ccc(SCCCC(=O)N(CCCN(C)C)c2nc3ccc([N+](=O)[O-])cc3s2)cc1. The van der Waals surface area contributed by atoms with E-state index in [1.807, 2.05) is 14.1 Å². The lowest BCUT2D eigenvalue weighted by atomic mass is 10.2. The normalized spacial score (nSPS) is 11.2. The highest BCUT2D eigenvalue weighted by molar-refractivity contribution is 7.99. The third kappa shape index (κ3) is 6.75. The Labute approximate surface area is 196 Å². The highest BCUT2D eigenvalue weighted by Gasteiger charge is 2.20. The van der Waals surface area contributed by atoms with E-state index in [4.69, 9.17) is 0 Å². The maximum atomic E-state index is 13.1. The molecule has 0 aliphatic rings. The molecule has 0 bridgehead atoms. The number of nitrogens with zero attached hydrogens (tertiary/aromatic N) is 4. The molecule has 3 aromatic rings. The van der Waals surface area contributed by atoms with Crippen LogP contribution in [0.3, 0.4) is 0 Å².